The van der Waals surface area contributed by atoms with Gasteiger partial charge in [0, 0.05) is 25.0 Å². The van der Waals surface area contributed by atoms with E-state index >= 15 is 0 Å². The monoisotopic (exact) mass is 332 g/mol. The molecule has 2 unspecified atom stereocenters. The van der Waals surface area contributed by atoms with E-state index in [-0.39, 0.29) is 23.9 Å². The van der Waals surface area contributed by atoms with Crippen molar-refractivity contribution in [2.75, 3.05) is 19.6 Å². The summed E-state index contributed by atoms with van der Waals surface area (Å²) < 4.78 is 0. The van der Waals surface area contributed by atoms with Gasteiger partial charge in [-0.25, -0.2) is 4.79 Å². The van der Waals surface area contributed by atoms with Gasteiger partial charge >= 0.3 is 12.0 Å². The second-order valence-corrected chi connectivity index (χ2v) is 7.69. The molecule has 24 heavy (non-hydrogen) atoms. The third kappa shape index (κ3) is 4.49. The Morgan fingerprint density at radius 2 is 2.04 bits per heavy atom. The van der Waals surface area contributed by atoms with Gasteiger partial charge in [0.05, 0.1) is 5.92 Å². The predicted molar refractivity (Wildman–Crippen MR) is 94.1 cm³/mol. The molecule has 2 atom stereocenters. The van der Waals surface area contributed by atoms with Gasteiger partial charge in [-0.05, 0) is 24.8 Å². The number of nitrogens with one attached hydrogen (secondary N) is 1. The molecule has 1 fully saturated rings. The molecule has 0 aromatic heterocycles. The van der Waals surface area contributed by atoms with E-state index in [0.29, 0.717) is 19.5 Å². The Kier molecular flexibility index (Phi) is 5.52. The highest BCUT2D eigenvalue weighted by Gasteiger charge is 2.32. The molecule has 0 saturated carbocycles. The summed E-state index contributed by atoms with van der Waals surface area (Å²) in [7, 11) is 0. The maximum atomic E-state index is 12.5. The van der Waals surface area contributed by atoms with Crippen molar-refractivity contribution in [1.82, 2.24) is 10.2 Å². The Labute approximate surface area is 144 Å². The van der Waals surface area contributed by atoms with Crippen LogP contribution in [0, 0.1) is 18.8 Å². The Morgan fingerprint density at radius 1 is 1.33 bits per heavy atom. The maximum absolute atomic E-state index is 12.5. The molecule has 5 heteroatoms. The molecule has 0 radical (unpaired) electrons. The van der Waals surface area contributed by atoms with Gasteiger partial charge in [0.15, 0.2) is 0 Å². The summed E-state index contributed by atoms with van der Waals surface area (Å²) in [5, 5.41) is 12.2. The lowest BCUT2D eigenvalue weighted by Gasteiger charge is -2.35. The van der Waals surface area contributed by atoms with Crippen molar-refractivity contribution in [1.29, 1.82) is 0 Å². The Balaban J connectivity index is 1.98. The molecule has 0 spiro atoms. The van der Waals surface area contributed by atoms with E-state index < -0.39 is 11.9 Å². The highest BCUT2D eigenvalue weighted by molar-refractivity contribution is 5.76. The summed E-state index contributed by atoms with van der Waals surface area (Å²) in [5.41, 5.74) is 2.19. The van der Waals surface area contributed by atoms with Crippen LogP contribution < -0.4 is 5.32 Å². The maximum Gasteiger partial charge on any atom is 0.317 e. The average Bonchev–Trinajstić information content (AvgIpc) is 2.52. The van der Waals surface area contributed by atoms with Gasteiger partial charge in [0.25, 0.3) is 0 Å². The Hall–Kier alpha value is -2.04. The standard InChI is InChI=1S/C19H28N2O3/c1-13-6-5-7-16(9-13)19(3,4)12-20-18(24)21-10-14(2)8-15(11-21)17(22)23/h5-7,9,14-15H,8,10-12H2,1-4H3,(H,20,24)(H,22,23). The zero-order valence-corrected chi connectivity index (χ0v) is 15.0. The van der Waals surface area contributed by atoms with Crippen molar-refractivity contribution < 1.29 is 14.7 Å². The summed E-state index contributed by atoms with van der Waals surface area (Å²) in [4.78, 5) is 25.4. The molecule has 2 amide bonds. The number of likely N-dealkylation sites (tertiary alicyclic amines) is 1. The number of aliphatic carboxylic acids is 1. The molecule has 5 nitrogen and oxygen atoms in total. The van der Waals surface area contributed by atoms with E-state index in [9.17, 15) is 14.7 Å². The molecular formula is C19H28N2O3. The fraction of sp³-hybridized carbons (Fsp3) is 0.579. The average molecular weight is 332 g/mol. The number of aryl methyl sites for hydroxylation is 1. The summed E-state index contributed by atoms with van der Waals surface area (Å²) in [6.45, 7) is 9.65. The largest absolute Gasteiger partial charge is 0.481 e. The summed E-state index contributed by atoms with van der Waals surface area (Å²) in [5.74, 6) is -1.08. The molecule has 2 rings (SSSR count). The van der Waals surface area contributed by atoms with E-state index in [2.05, 4.69) is 44.3 Å². The first kappa shape index (κ1) is 18.3. The lowest BCUT2D eigenvalue weighted by molar-refractivity contribution is -0.143. The van der Waals surface area contributed by atoms with E-state index in [4.69, 9.17) is 0 Å². The van der Waals surface area contributed by atoms with Crippen molar-refractivity contribution in [3.8, 4) is 0 Å². The second kappa shape index (κ2) is 7.24. The highest BCUT2D eigenvalue weighted by Crippen LogP contribution is 2.24. The van der Waals surface area contributed by atoms with Crippen LogP contribution in [0.4, 0.5) is 4.79 Å². The fourth-order valence-corrected chi connectivity index (χ4v) is 3.27. The van der Waals surface area contributed by atoms with Gasteiger partial charge in [-0.3, -0.25) is 4.79 Å². The molecule has 2 N–H and O–H groups in total. The third-order valence-corrected chi connectivity index (χ3v) is 4.78. The number of rotatable bonds is 4. The van der Waals surface area contributed by atoms with Gasteiger partial charge in [-0.1, -0.05) is 50.6 Å². The molecule has 1 aromatic rings. The molecule has 1 heterocycles. The number of hydrogen-bond donors (Lipinski definition) is 2. The number of urea groups is 1. The normalized spacial score (nSPS) is 21.4. The van der Waals surface area contributed by atoms with Crippen LogP contribution in [0.1, 0.15) is 38.3 Å². The zero-order chi connectivity index (χ0) is 17.9. The molecule has 1 saturated heterocycles. The SMILES string of the molecule is Cc1cccc(C(C)(C)CNC(=O)N2CC(C)CC(C(=O)O)C2)c1. The first-order chi connectivity index (χ1) is 11.2. The third-order valence-electron chi connectivity index (χ3n) is 4.78. The molecule has 1 aromatic carbocycles. The summed E-state index contributed by atoms with van der Waals surface area (Å²) >= 11 is 0. The number of benzene rings is 1. The van der Waals surface area contributed by atoms with Crippen molar-refractivity contribution in [2.24, 2.45) is 11.8 Å². The van der Waals surface area contributed by atoms with Crippen LogP contribution in [0.25, 0.3) is 0 Å². The smallest absolute Gasteiger partial charge is 0.317 e. The van der Waals surface area contributed by atoms with Crippen LogP contribution in [0.2, 0.25) is 0 Å². The Bertz CT molecular complexity index is 612. The van der Waals surface area contributed by atoms with Gasteiger partial charge in [-0.15, -0.1) is 0 Å². The van der Waals surface area contributed by atoms with Crippen LogP contribution >= 0.6 is 0 Å². The summed E-state index contributed by atoms with van der Waals surface area (Å²) in [6, 6.07) is 8.11. The molecule has 0 bridgehead atoms. The van der Waals surface area contributed by atoms with Crippen molar-refractivity contribution in [3.05, 3.63) is 35.4 Å². The lowest BCUT2D eigenvalue weighted by atomic mass is 9.84. The van der Waals surface area contributed by atoms with Gasteiger partial charge in [0.2, 0.25) is 0 Å². The van der Waals surface area contributed by atoms with Crippen molar-refractivity contribution in [2.45, 2.75) is 39.5 Å². The van der Waals surface area contributed by atoms with Crippen LogP contribution in [-0.2, 0) is 10.2 Å². The van der Waals surface area contributed by atoms with Gasteiger partial charge in [-0.2, -0.15) is 0 Å². The minimum Gasteiger partial charge on any atom is -0.481 e. The number of hydrogen-bond acceptors (Lipinski definition) is 2. The minimum absolute atomic E-state index is 0.173. The first-order valence-electron chi connectivity index (χ1n) is 8.52. The van der Waals surface area contributed by atoms with E-state index in [1.54, 1.807) is 4.90 Å². The molecule has 0 aliphatic carbocycles. The number of carbonyl (C=O) groups excluding carboxylic acids is 1. The van der Waals surface area contributed by atoms with Crippen LogP contribution in [0.3, 0.4) is 0 Å². The second-order valence-electron chi connectivity index (χ2n) is 7.69. The number of carboxylic acids is 1. The van der Waals surface area contributed by atoms with E-state index in [1.165, 1.54) is 11.1 Å². The summed E-state index contributed by atoms with van der Waals surface area (Å²) in [6.07, 6.45) is 0.633. The lowest BCUT2D eigenvalue weighted by Crippen LogP contribution is -2.51. The van der Waals surface area contributed by atoms with E-state index in [1.807, 2.05) is 13.0 Å². The van der Waals surface area contributed by atoms with Gasteiger partial charge in [0.1, 0.15) is 0 Å². The van der Waals surface area contributed by atoms with Crippen molar-refractivity contribution >= 4 is 12.0 Å². The van der Waals surface area contributed by atoms with Crippen LogP contribution in [0.15, 0.2) is 24.3 Å². The number of carbonyl (C=O) groups is 2. The van der Waals surface area contributed by atoms with Crippen LogP contribution in [0.5, 0.6) is 0 Å². The number of amides is 2. The first-order valence-corrected chi connectivity index (χ1v) is 8.52. The van der Waals surface area contributed by atoms with Crippen molar-refractivity contribution in [3.63, 3.8) is 0 Å². The molecule has 132 valence electrons. The van der Waals surface area contributed by atoms with Gasteiger partial charge < -0.3 is 15.3 Å². The highest BCUT2D eigenvalue weighted by atomic mass is 16.4. The number of piperidine rings is 1. The number of nitrogens with zero attached hydrogens (tertiary/aromatic N) is 1. The molecular weight excluding hydrogens is 304 g/mol. The quantitative estimate of drug-likeness (QED) is 0.890. The minimum atomic E-state index is -0.820. The molecule has 1 aliphatic heterocycles. The van der Waals surface area contributed by atoms with Crippen LogP contribution in [-0.4, -0.2) is 41.6 Å². The predicted octanol–water partition coefficient (Wildman–Crippen LogP) is 3.02. The molecule has 1 aliphatic rings. The fourth-order valence-electron chi connectivity index (χ4n) is 3.27. The zero-order valence-electron chi connectivity index (χ0n) is 15.0. The Morgan fingerprint density at radius 3 is 2.67 bits per heavy atom. The number of carboxylic acid groups (broad SMARTS) is 1. The van der Waals surface area contributed by atoms with E-state index in [0.717, 1.165) is 0 Å². The topological polar surface area (TPSA) is 69.6 Å².